The summed E-state index contributed by atoms with van der Waals surface area (Å²) < 4.78 is 26.0. The van der Waals surface area contributed by atoms with Crippen LogP contribution >= 0.6 is 0 Å². The van der Waals surface area contributed by atoms with Crippen molar-refractivity contribution in [2.75, 3.05) is 19.6 Å². The van der Waals surface area contributed by atoms with Crippen molar-refractivity contribution in [3.05, 3.63) is 29.8 Å². The van der Waals surface area contributed by atoms with Crippen molar-refractivity contribution in [1.29, 1.82) is 0 Å². The van der Waals surface area contributed by atoms with E-state index in [0.29, 0.717) is 18.5 Å². The van der Waals surface area contributed by atoms with Gasteiger partial charge in [0.15, 0.2) is 0 Å². The molecule has 1 aromatic rings. The monoisotopic (exact) mass is 312 g/mol. The number of carboxylic acid groups (broad SMARTS) is 1. The summed E-state index contributed by atoms with van der Waals surface area (Å²) in [5.41, 5.74) is 0.523. The Morgan fingerprint density at radius 3 is 2.57 bits per heavy atom. The Kier molecular flexibility index (Phi) is 4.59. The van der Waals surface area contributed by atoms with Crippen LogP contribution in [0.25, 0.3) is 0 Å². The molecule has 2 rings (SSSR count). The molecule has 7 nitrogen and oxygen atoms in total. The third kappa shape index (κ3) is 3.79. The van der Waals surface area contributed by atoms with E-state index in [1.807, 2.05) is 0 Å². The summed E-state index contributed by atoms with van der Waals surface area (Å²) in [7, 11) is -3.74. The molecule has 0 saturated carbocycles. The summed E-state index contributed by atoms with van der Waals surface area (Å²) in [4.78, 5) is 22.1. The van der Waals surface area contributed by atoms with Crippen LogP contribution in [-0.2, 0) is 26.0 Å². The first-order valence-corrected chi connectivity index (χ1v) is 7.91. The highest BCUT2D eigenvalue weighted by molar-refractivity contribution is 7.89. The van der Waals surface area contributed by atoms with Crippen molar-refractivity contribution in [3.63, 3.8) is 0 Å². The number of aliphatic carboxylic acids is 1. The number of benzene rings is 1. The molecule has 21 heavy (non-hydrogen) atoms. The standard InChI is InChI=1S/C13H16N2O5S/c16-12-9-15(7-1-6-14-12)21(19,20)11-4-2-10(3-5-11)8-13(17)18/h2-5H,1,6-9H2,(H,14,16)(H,17,18). The summed E-state index contributed by atoms with van der Waals surface area (Å²) in [6.07, 6.45) is 0.397. The number of sulfonamides is 1. The van der Waals surface area contributed by atoms with Gasteiger partial charge in [0.05, 0.1) is 17.9 Å². The van der Waals surface area contributed by atoms with Crippen molar-refractivity contribution < 1.29 is 23.1 Å². The first kappa shape index (κ1) is 15.5. The average Bonchev–Trinajstić information content (AvgIpc) is 2.64. The summed E-state index contributed by atoms with van der Waals surface area (Å²) in [6.45, 7) is 0.541. The molecule has 0 atom stereocenters. The maximum Gasteiger partial charge on any atom is 0.307 e. The Hall–Kier alpha value is -1.93. The fourth-order valence-corrected chi connectivity index (χ4v) is 3.52. The molecule has 1 amide bonds. The Balaban J connectivity index is 2.22. The van der Waals surface area contributed by atoms with Gasteiger partial charge in [-0.05, 0) is 24.1 Å². The lowest BCUT2D eigenvalue weighted by Crippen LogP contribution is -2.37. The molecule has 0 spiro atoms. The van der Waals surface area contributed by atoms with Crippen molar-refractivity contribution in [2.24, 2.45) is 0 Å². The van der Waals surface area contributed by atoms with E-state index in [0.717, 1.165) is 4.31 Å². The minimum absolute atomic E-state index is 0.0614. The van der Waals surface area contributed by atoms with E-state index in [4.69, 9.17) is 5.11 Å². The third-order valence-electron chi connectivity index (χ3n) is 3.14. The molecule has 1 aromatic carbocycles. The molecule has 0 radical (unpaired) electrons. The molecule has 1 aliphatic rings. The Morgan fingerprint density at radius 1 is 1.29 bits per heavy atom. The van der Waals surface area contributed by atoms with Gasteiger partial charge in [-0.3, -0.25) is 9.59 Å². The zero-order chi connectivity index (χ0) is 15.5. The molecule has 1 aliphatic heterocycles. The van der Waals surface area contributed by atoms with E-state index in [2.05, 4.69) is 5.32 Å². The minimum atomic E-state index is -3.74. The second-order valence-electron chi connectivity index (χ2n) is 4.76. The highest BCUT2D eigenvalue weighted by Crippen LogP contribution is 2.17. The molecule has 0 aliphatic carbocycles. The van der Waals surface area contributed by atoms with Gasteiger partial charge < -0.3 is 10.4 Å². The molecular weight excluding hydrogens is 296 g/mol. The van der Waals surface area contributed by atoms with Crippen LogP contribution in [0.5, 0.6) is 0 Å². The predicted octanol–water partition coefficient (Wildman–Crippen LogP) is -0.176. The van der Waals surface area contributed by atoms with E-state index < -0.39 is 16.0 Å². The van der Waals surface area contributed by atoms with Crippen LogP contribution in [0.1, 0.15) is 12.0 Å². The summed E-state index contributed by atoms with van der Waals surface area (Å²) >= 11 is 0. The normalized spacial score (nSPS) is 17.0. The van der Waals surface area contributed by atoms with Gasteiger partial charge in [-0.25, -0.2) is 8.42 Å². The third-order valence-corrected chi connectivity index (χ3v) is 5.00. The van der Waals surface area contributed by atoms with Crippen LogP contribution in [0.2, 0.25) is 0 Å². The fraction of sp³-hybridized carbons (Fsp3) is 0.385. The highest BCUT2D eigenvalue weighted by atomic mass is 32.2. The topological polar surface area (TPSA) is 104 Å². The van der Waals surface area contributed by atoms with Crippen molar-refractivity contribution in [2.45, 2.75) is 17.7 Å². The Labute approximate surface area is 122 Å². The average molecular weight is 312 g/mol. The SMILES string of the molecule is O=C(O)Cc1ccc(S(=O)(=O)N2CCCNC(=O)C2)cc1. The van der Waals surface area contributed by atoms with Crippen LogP contribution in [0.3, 0.4) is 0 Å². The minimum Gasteiger partial charge on any atom is -0.481 e. The van der Waals surface area contributed by atoms with E-state index in [9.17, 15) is 18.0 Å². The van der Waals surface area contributed by atoms with E-state index in [1.54, 1.807) is 0 Å². The molecule has 2 N–H and O–H groups in total. The van der Waals surface area contributed by atoms with Crippen LogP contribution in [-0.4, -0.2) is 49.3 Å². The van der Waals surface area contributed by atoms with Gasteiger partial charge in [-0.1, -0.05) is 12.1 Å². The molecule has 1 saturated heterocycles. The fourth-order valence-electron chi connectivity index (χ4n) is 2.09. The molecule has 1 fully saturated rings. The van der Waals surface area contributed by atoms with Crippen LogP contribution in [0, 0.1) is 0 Å². The lowest BCUT2D eigenvalue weighted by atomic mass is 10.2. The smallest absolute Gasteiger partial charge is 0.307 e. The van der Waals surface area contributed by atoms with Crippen LogP contribution in [0.15, 0.2) is 29.2 Å². The largest absolute Gasteiger partial charge is 0.481 e. The Bertz CT molecular complexity index is 639. The number of nitrogens with zero attached hydrogens (tertiary/aromatic N) is 1. The van der Waals surface area contributed by atoms with Crippen LogP contribution in [0.4, 0.5) is 0 Å². The quantitative estimate of drug-likeness (QED) is 0.803. The maximum absolute atomic E-state index is 12.4. The number of hydrogen-bond donors (Lipinski definition) is 2. The molecular formula is C13H16N2O5S. The number of hydrogen-bond acceptors (Lipinski definition) is 4. The summed E-state index contributed by atoms with van der Waals surface area (Å²) in [5.74, 6) is -1.30. The van der Waals surface area contributed by atoms with Crippen molar-refractivity contribution >= 4 is 21.9 Å². The molecule has 0 unspecified atom stereocenters. The zero-order valence-corrected chi connectivity index (χ0v) is 12.1. The van der Waals surface area contributed by atoms with Gasteiger partial charge in [0.2, 0.25) is 15.9 Å². The molecule has 1 heterocycles. The lowest BCUT2D eigenvalue weighted by molar-refractivity contribution is -0.136. The number of carbonyl (C=O) groups is 2. The Morgan fingerprint density at radius 2 is 1.95 bits per heavy atom. The molecule has 114 valence electrons. The van der Waals surface area contributed by atoms with Crippen molar-refractivity contribution in [1.82, 2.24) is 9.62 Å². The van der Waals surface area contributed by atoms with Crippen molar-refractivity contribution in [3.8, 4) is 0 Å². The van der Waals surface area contributed by atoms with Gasteiger partial charge in [0.25, 0.3) is 0 Å². The molecule has 0 bridgehead atoms. The molecule has 0 aromatic heterocycles. The predicted molar refractivity (Wildman–Crippen MR) is 74.2 cm³/mol. The van der Waals surface area contributed by atoms with Gasteiger partial charge in [-0.15, -0.1) is 0 Å². The first-order valence-electron chi connectivity index (χ1n) is 6.47. The van der Waals surface area contributed by atoms with Gasteiger partial charge in [0, 0.05) is 13.1 Å². The van der Waals surface area contributed by atoms with Gasteiger partial charge in [-0.2, -0.15) is 4.31 Å². The maximum atomic E-state index is 12.4. The van der Waals surface area contributed by atoms with E-state index in [-0.39, 0.29) is 30.3 Å². The number of carboxylic acids is 1. The van der Waals surface area contributed by atoms with Crippen LogP contribution < -0.4 is 5.32 Å². The number of amides is 1. The van der Waals surface area contributed by atoms with Gasteiger partial charge in [0.1, 0.15) is 0 Å². The second-order valence-corrected chi connectivity index (χ2v) is 6.69. The lowest BCUT2D eigenvalue weighted by Gasteiger charge is -2.18. The first-order chi connectivity index (χ1) is 9.89. The second kappa shape index (κ2) is 6.23. The highest BCUT2D eigenvalue weighted by Gasteiger charge is 2.27. The summed E-state index contributed by atoms with van der Waals surface area (Å²) in [6, 6.07) is 5.69. The number of carbonyl (C=O) groups excluding carboxylic acids is 1. The van der Waals surface area contributed by atoms with E-state index in [1.165, 1.54) is 24.3 Å². The van der Waals surface area contributed by atoms with E-state index >= 15 is 0 Å². The number of nitrogens with one attached hydrogen (secondary N) is 1. The number of rotatable bonds is 4. The van der Waals surface area contributed by atoms with Gasteiger partial charge >= 0.3 is 5.97 Å². The zero-order valence-electron chi connectivity index (χ0n) is 11.3. The summed E-state index contributed by atoms with van der Waals surface area (Å²) in [5, 5.41) is 11.3. The molecule has 8 heteroatoms.